The average molecular weight is 354 g/mol. The number of para-hydroxylation sites is 1. The number of nitrogens with one attached hydrogen (secondary N) is 1. The van der Waals surface area contributed by atoms with Crippen LogP contribution >= 0.6 is 0 Å². The molecule has 1 aliphatic carbocycles. The van der Waals surface area contributed by atoms with Gasteiger partial charge in [0.25, 0.3) is 0 Å². The van der Waals surface area contributed by atoms with Gasteiger partial charge in [-0.15, -0.1) is 0 Å². The number of Topliss-reactive ketones (excluding diaryl/α,β-unsaturated/α-hetero) is 1. The fourth-order valence-corrected chi connectivity index (χ4v) is 4.62. The van der Waals surface area contributed by atoms with E-state index in [-0.39, 0.29) is 17.5 Å². The number of fused-ring (bicyclic) bond motifs is 2. The minimum atomic E-state index is -0.181. The third kappa shape index (κ3) is 3.40. The highest BCUT2D eigenvalue weighted by Gasteiger charge is 2.31. The van der Waals surface area contributed by atoms with Crippen LogP contribution < -0.4 is 5.32 Å². The SMILES string of the molecule is CC(=O)c1oc2ccccc2c1NC(=O)CN1CC[C@@H]2CCCC[C@H]2C1. The van der Waals surface area contributed by atoms with Crippen molar-refractivity contribution in [2.24, 2.45) is 11.8 Å². The van der Waals surface area contributed by atoms with E-state index in [0.717, 1.165) is 30.3 Å². The van der Waals surface area contributed by atoms with Crippen LogP contribution in [0, 0.1) is 11.8 Å². The van der Waals surface area contributed by atoms with Crippen molar-refractivity contribution >= 4 is 28.3 Å². The second kappa shape index (κ2) is 7.23. The van der Waals surface area contributed by atoms with Gasteiger partial charge in [-0.05, 0) is 43.4 Å². The lowest BCUT2D eigenvalue weighted by atomic mass is 9.75. The summed E-state index contributed by atoms with van der Waals surface area (Å²) in [5.41, 5.74) is 1.13. The molecule has 2 aromatic rings. The van der Waals surface area contributed by atoms with E-state index in [1.54, 1.807) is 0 Å². The van der Waals surface area contributed by atoms with Crippen LogP contribution in [0.1, 0.15) is 49.6 Å². The Morgan fingerprint density at radius 3 is 2.73 bits per heavy atom. The van der Waals surface area contributed by atoms with Crippen molar-refractivity contribution in [2.75, 3.05) is 25.0 Å². The number of carbonyl (C=O) groups excluding carboxylic acids is 2. The molecule has 0 spiro atoms. The molecule has 2 aliphatic rings. The summed E-state index contributed by atoms with van der Waals surface area (Å²) in [4.78, 5) is 26.8. The molecule has 2 atom stereocenters. The number of hydrogen-bond donors (Lipinski definition) is 1. The van der Waals surface area contributed by atoms with Crippen LogP contribution in [0.15, 0.2) is 28.7 Å². The summed E-state index contributed by atoms with van der Waals surface area (Å²) in [5, 5.41) is 3.71. The van der Waals surface area contributed by atoms with Crippen molar-refractivity contribution in [2.45, 2.75) is 39.0 Å². The van der Waals surface area contributed by atoms with Crippen LogP contribution in [0.2, 0.25) is 0 Å². The molecule has 0 bridgehead atoms. The van der Waals surface area contributed by atoms with E-state index >= 15 is 0 Å². The number of likely N-dealkylation sites (tertiary alicyclic amines) is 1. The van der Waals surface area contributed by atoms with E-state index in [9.17, 15) is 9.59 Å². The van der Waals surface area contributed by atoms with E-state index in [1.165, 1.54) is 39.0 Å². The molecule has 1 aromatic heterocycles. The third-order valence-corrected chi connectivity index (χ3v) is 5.92. The van der Waals surface area contributed by atoms with Crippen molar-refractivity contribution < 1.29 is 14.0 Å². The molecule has 4 rings (SSSR count). The zero-order valence-corrected chi connectivity index (χ0v) is 15.3. The summed E-state index contributed by atoms with van der Waals surface area (Å²) >= 11 is 0. The lowest BCUT2D eigenvalue weighted by Crippen LogP contribution is -2.44. The maximum atomic E-state index is 12.7. The number of ketones is 1. The molecule has 1 aliphatic heterocycles. The Kier molecular flexibility index (Phi) is 4.81. The van der Waals surface area contributed by atoms with Crippen LogP contribution in [0.3, 0.4) is 0 Å². The normalized spacial score (nSPS) is 23.6. The van der Waals surface area contributed by atoms with Gasteiger partial charge in [0.15, 0.2) is 11.5 Å². The van der Waals surface area contributed by atoms with Gasteiger partial charge in [-0.3, -0.25) is 14.5 Å². The largest absolute Gasteiger partial charge is 0.451 e. The van der Waals surface area contributed by atoms with Gasteiger partial charge < -0.3 is 9.73 Å². The minimum Gasteiger partial charge on any atom is -0.451 e. The monoisotopic (exact) mass is 354 g/mol. The van der Waals surface area contributed by atoms with E-state index in [0.29, 0.717) is 17.8 Å². The fraction of sp³-hybridized carbons (Fsp3) is 0.524. The topological polar surface area (TPSA) is 62.6 Å². The Bertz CT molecular complexity index is 826. The molecule has 1 N–H and O–H groups in total. The molecule has 26 heavy (non-hydrogen) atoms. The zero-order valence-electron chi connectivity index (χ0n) is 15.3. The molecule has 0 unspecified atom stereocenters. The molecule has 1 saturated carbocycles. The molecule has 1 amide bonds. The molecule has 1 saturated heterocycles. The summed E-state index contributed by atoms with van der Waals surface area (Å²) in [6.45, 7) is 3.84. The fourth-order valence-electron chi connectivity index (χ4n) is 4.62. The number of carbonyl (C=O) groups is 2. The number of piperidine rings is 1. The number of nitrogens with zero attached hydrogens (tertiary/aromatic N) is 1. The van der Waals surface area contributed by atoms with Crippen molar-refractivity contribution in [1.29, 1.82) is 0 Å². The standard InChI is InChI=1S/C21H26N2O3/c1-14(24)21-20(17-8-4-5-9-18(17)26-21)22-19(25)13-23-11-10-15-6-2-3-7-16(15)12-23/h4-5,8-9,15-16H,2-3,6-7,10-13H2,1H3,(H,22,25)/t15-,16-/m0/s1. The Labute approximate surface area is 153 Å². The first-order valence-electron chi connectivity index (χ1n) is 9.66. The van der Waals surface area contributed by atoms with Crippen LogP contribution in [-0.2, 0) is 4.79 Å². The first-order valence-corrected chi connectivity index (χ1v) is 9.66. The molecule has 2 heterocycles. The van der Waals surface area contributed by atoms with Crippen LogP contribution in [-0.4, -0.2) is 36.2 Å². The molecular formula is C21H26N2O3. The summed E-state index contributed by atoms with van der Waals surface area (Å²) in [6, 6.07) is 7.42. The van der Waals surface area contributed by atoms with Crippen molar-refractivity contribution in [3.63, 3.8) is 0 Å². The Morgan fingerprint density at radius 1 is 1.15 bits per heavy atom. The Hall–Kier alpha value is -2.14. The van der Waals surface area contributed by atoms with E-state index in [2.05, 4.69) is 10.2 Å². The molecule has 0 radical (unpaired) electrons. The smallest absolute Gasteiger partial charge is 0.238 e. The molecule has 5 nitrogen and oxygen atoms in total. The predicted octanol–water partition coefficient (Wildman–Crippen LogP) is 4.09. The molecule has 1 aromatic carbocycles. The van der Waals surface area contributed by atoms with Gasteiger partial charge in [-0.2, -0.15) is 0 Å². The van der Waals surface area contributed by atoms with Gasteiger partial charge in [0.05, 0.1) is 12.2 Å². The first-order chi connectivity index (χ1) is 12.6. The van der Waals surface area contributed by atoms with Gasteiger partial charge in [0, 0.05) is 18.9 Å². The van der Waals surface area contributed by atoms with Gasteiger partial charge in [-0.1, -0.05) is 31.4 Å². The van der Waals surface area contributed by atoms with Crippen molar-refractivity contribution in [3.8, 4) is 0 Å². The van der Waals surface area contributed by atoms with Gasteiger partial charge in [0.1, 0.15) is 5.58 Å². The second-order valence-corrected chi connectivity index (χ2v) is 7.74. The Balaban J connectivity index is 1.46. The maximum Gasteiger partial charge on any atom is 0.238 e. The van der Waals surface area contributed by atoms with Gasteiger partial charge in [0.2, 0.25) is 5.91 Å². The van der Waals surface area contributed by atoms with E-state index in [1.807, 2.05) is 24.3 Å². The summed E-state index contributed by atoms with van der Waals surface area (Å²) in [7, 11) is 0. The highest BCUT2D eigenvalue weighted by molar-refractivity contribution is 6.11. The van der Waals surface area contributed by atoms with Crippen molar-refractivity contribution in [1.82, 2.24) is 4.90 Å². The summed E-state index contributed by atoms with van der Waals surface area (Å²) < 4.78 is 5.64. The predicted molar refractivity (Wildman–Crippen MR) is 101 cm³/mol. The number of hydrogen-bond acceptors (Lipinski definition) is 4. The molecule has 138 valence electrons. The highest BCUT2D eigenvalue weighted by Crippen LogP contribution is 2.36. The lowest BCUT2D eigenvalue weighted by Gasteiger charge is -2.41. The van der Waals surface area contributed by atoms with E-state index in [4.69, 9.17) is 4.42 Å². The van der Waals surface area contributed by atoms with Gasteiger partial charge >= 0.3 is 0 Å². The van der Waals surface area contributed by atoms with E-state index < -0.39 is 0 Å². The second-order valence-electron chi connectivity index (χ2n) is 7.74. The lowest BCUT2D eigenvalue weighted by molar-refractivity contribution is -0.118. The number of anilines is 1. The number of benzene rings is 1. The maximum absolute atomic E-state index is 12.7. The minimum absolute atomic E-state index is 0.0756. The molecular weight excluding hydrogens is 328 g/mol. The van der Waals surface area contributed by atoms with Gasteiger partial charge in [-0.25, -0.2) is 0 Å². The van der Waals surface area contributed by atoms with Crippen molar-refractivity contribution in [3.05, 3.63) is 30.0 Å². The Morgan fingerprint density at radius 2 is 1.92 bits per heavy atom. The summed E-state index contributed by atoms with van der Waals surface area (Å²) in [5.74, 6) is 1.57. The van der Waals surface area contributed by atoms with Crippen LogP contribution in [0.4, 0.5) is 5.69 Å². The average Bonchev–Trinajstić information content (AvgIpc) is 3.00. The quantitative estimate of drug-likeness (QED) is 0.840. The van der Waals surface area contributed by atoms with Crippen LogP contribution in [0.5, 0.6) is 0 Å². The molecule has 2 fully saturated rings. The number of amides is 1. The van der Waals surface area contributed by atoms with Crippen LogP contribution in [0.25, 0.3) is 11.0 Å². The molecule has 5 heteroatoms. The highest BCUT2D eigenvalue weighted by atomic mass is 16.3. The third-order valence-electron chi connectivity index (χ3n) is 5.92. The number of furan rings is 1. The zero-order chi connectivity index (χ0) is 18.1. The number of rotatable bonds is 4. The first kappa shape index (κ1) is 17.3. The summed E-state index contributed by atoms with van der Waals surface area (Å²) in [6.07, 6.45) is 6.54.